The zero-order valence-corrected chi connectivity index (χ0v) is 19.4. The van der Waals surface area contributed by atoms with E-state index in [9.17, 15) is 4.79 Å². The Kier molecular flexibility index (Phi) is 8.99. The monoisotopic (exact) mass is 443 g/mol. The lowest BCUT2D eigenvalue weighted by Gasteiger charge is -2.26. The van der Waals surface area contributed by atoms with Gasteiger partial charge >= 0.3 is 6.09 Å². The van der Waals surface area contributed by atoms with Crippen molar-refractivity contribution in [2.45, 2.75) is 18.4 Å². The Balaban J connectivity index is 1.90. The lowest BCUT2D eigenvalue weighted by Crippen LogP contribution is -2.30. The summed E-state index contributed by atoms with van der Waals surface area (Å²) in [5, 5.41) is 2.04. The lowest BCUT2D eigenvalue weighted by molar-refractivity contribution is 0.109. The molecule has 2 rings (SSSR count). The summed E-state index contributed by atoms with van der Waals surface area (Å²) in [6.45, 7) is 1.03. The molecular weight excluding hydrogens is 414 g/mol. The Labute approximate surface area is 179 Å². The van der Waals surface area contributed by atoms with Crippen LogP contribution in [0.2, 0.25) is 0 Å². The van der Waals surface area contributed by atoms with Crippen molar-refractivity contribution in [1.29, 1.82) is 0 Å². The molecule has 0 aliphatic heterocycles. The van der Waals surface area contributed by atoms with Crippen LogP contribution >= 0.6 is 33.0 Å². The molecule has 1 atom stereocenters. The fraction of sp³-hybridized carbons (Fsp3) is 0.476. The number of carbonyl (C=O) groups is 1. The van der Waals surface area contributed by atoms with Crippen LogP contribution in [0.15, 0.2) is 41.8 Å². The average molecular weight is 444 g/mol. The smallest absolute Gasteiger partial charge is 0.409 e. The molecule has 156 valence electrons. The number of halogens is 1. The first-order chi connectivity index (χ1) is 13.3. The highest BCUT2D eigenvalue weighted by Crippen LogP contribution is 2.33. The SMILES string of the molecule is CN(CC[C@H](Oc1ccc(CCl)cc1)c1cccs1)C(=O)OCCS(C)(C)C. The molecule has 0 radical (unpaired) electrons. The summed E-state index contributed by atoms with van der Waals surface area (Å²) >= 11 is 7.51. The molecule has 0 fully saturated rings. The zero-order chi connectivity index (χ0) is 20.6. The molecule has 0 saturated heterocycles. The number of hydrogen-bond acceptors (Lipinski definition) is 4. The van der Waals surface area contributed by atoms with E-state index in [1.165, 1.54) is 0 Å². The van der Waals surface area contributed by atoms with E-state index in [1.54, 1.807) is 23.3 Å². The number of rotatable bonds is 10. The standard InChI is InChI=1S/C21H30ClNO3S2/c1-23(21(24)25-13-15-28(2,3)4)12-11-19(20-6-5-14-27-20)26-18-9-7-17(16-22)8-10-18/h5-10,14,19H,11-13,15-16H2,1-4H3/t19-/m0/s1. The molecule has 4 nitrogen and oxygen atoms in total. The van der Waals surface area contributed by atoms with E-state index in [-0.39, 0.29) is 12.2 Å². The summed E-state index contributed by atoms with van der Waals surface area (Å²) in [6, 6.07) is 11.9. The largest absolute Gasteiger partial charge is 0.485 e. The minimum Gasteiger partial charge on any atom is -0.485 e. The second-order valence-corrected chi connectivity index (χ2v) is 13.4. The van der Waals surface area contributed by atoms with Gasteiger partial charge in [0.05, 0.1) is 0 Å². The molecule has 1 amide bonds. The van der Waals surface area contributed by atoms with Crippen LogP contribution in [0.4, 0.5) is 4.79 Å². The topological polar surface area (TPSA) is 38.8 Å². The maximum atomic E-state index is 12.2. The lowest BCUT2D eigenvalue weighted by atomic mass is 10.2. The third-order valence-corrected chi connectivity index (χ3v) is 6.84. The Hall–Kier alpha value is -1.37. The minimum atomic E-state index is -0.663. The number of carbonyl (C=O) groups excluding carboxylic acids is 1. The molecular formula is C21H30ClNO3S2. The molecule has 0 N–H and O–H groups in total. The van der Waals surface area contributed by atoms with Crippen molar-refractivity contribution < 1.29 is 14.3 Å². The number of thiophene rings is 1. The normalized spacial score (nSPS) is 13.0. The van der Waals surface area contributed by atoms with Gasteiger partial charge in [-0.15, -0.1) is 22.9 Å². The summed E-state index contributed by atoms with van der Waals surface area (Å²) in [5.74, 6) is 2.20. The Morgan fingerprint density at radius 2 is 1.93 bits per heavy atom. The summed E-state index contributed by atoms with van der Waals surface area (Å²) in [7, 11) is 1.11. The minimum absolute atomic E-state index is 0.115. The quantitative estimate of drug-likeness (QED) is 0.438. The van der Waals surface area contributed by atoms with Crippen LogP contribution in [0.25, 0.3) is 0 Å². The van der Waals surface area contributed by atoms with Gasteiger partial charge in [-0.2, -0.15) is 0 Å². The van der Waals surface area contributed by atoms with Gasteiger partial charge in [-0.3, -0.25) is 0 Å². The van der Waals surface area contributed by atoms with E-state index >= 15 is 0 Å². The van der Waals surface area contributed by atoms with Crippen molar-refractivity contribution >= 4 is 39.1 Å². The Morgan fingerprint density at radius 1 is 1.21 bits per heavy atom. The van der Waals surface area contributed by atoms with Gasteiger partial charge < -0.3 is 14.4 Å². The molecule has 2 aromatic rings. The Morgan fingerprint density at radius 3 is 2.50 bits per heavy atom. The number of alkyl halides is 1. The van der Waals surface area contributed by atoms with Crippen LogP contribution in [0.5, 0.6) is 5.75 Å². The summed E-state index contributed by atoms with van der Waals surface area (Å²) < 4.78 is 11.6. The van der Waals surface area contributed by atoms with E-state index in [0.29, 0.717) is 25.5 Å². The van der Waals surface area contributed by atoms with E-state index < -0.39 is 10.0 Å². The molecule has 0 spiro atoms. The second-order valence-electron chi connectivity index (χ2n) is 7.52. The predicted molar refractivity (Wildman–Crippen MR) is 123 cm³/mol. The first kappa shape index (κ1) is 22.9. The van der Waals surface area contributed by atoms with Crippen LogP contribution in [0.1, 0.15) is 23.0 Å². The molecule has 1 heterocycles. The molecule has 1 aromatic carbocycles. The van der Waals surface area contributed by atoms with Crippen molar-refractivity contribution in [1.82, 2.24) is 4.90 Å². The van der Waals surface area contributed by atoms with Crippen molar-refractivity contribution in [3.05, 3.63) is 52.2 Å². The highest BCUT2D eigenvalue weighted by Gasteiger charge is 2.18. The Bertz CT molecular complexity index is 714. The first-order valence-corrected chi connectivity index (χ1v) is 13.6. The number of ether oxygens (including phenoxy) is 2. The number of hydrogen-bond donors (Lipinski definition) is 0. The van der Waals surface area contributed by atoms with Crippen molar-refractivity contribution in [3.63, 3.8) is 0 Å². The van der Waals surface area contributed by atoms with Gasteiger partial charge in [0.1, 0.15) is 18.5 Å². The van der Waals surface area contributed by atoms with Gasteiger partial charge in [0.15, 0.2) is 0 Å². The molecule has 0 unspecified atom stereocenters. The second kappa shape index (κ2) is 11.0. The number of amides is 1. The van der Waals surface area contributed by atoms with Gasteiger partial charge in [0.2, 0.25) is 0 Å². The summed E-state index contributed by atoms with van der Waals surface area (Å²) in [6.07, 6.45) is 6.94. The van der Waals surface area contributed by atoms with Crippen LogP contribution in [0.3, 0.4) is 0 Å². The maximum Gasteiger partial charge on any atom is 0.409 e. The maximum absolute atomic E-state index is 12.2. The summed E-state index contributed by atoms with van der Waals surface area (Å²) in [5.41, 5.74) is 1.06. The van der Waals surface area contributed by atoms with Gasteiger partial charge in [0, 0.05) is 36.5 Å². The van der Waals surface area contributed by atoms with E-state index in [4.69, 9.17) is 21.1 Å². The van der Waals surface area contributed by atoms with Crippen molar-refractivity contribution in [3.8, 4) is 5.75 Å². The third kappa shape index (κ3) is 7.94. The predicted octanol–water partition coefficient (Wildman–Crippen LogP) is 5.76. The number of nitrogens with zero attached hydrogens (tertiary/aromatic N) is 1. The molecule has 0 saturated carbocycles. The van der Waals surface area contributed by atoms with Crippen LogP contribution in [-0.2, 0) is 10.6 Å². The van der Waals surface area contributed by atoms with Gasteiger partial charge in [-0.05, 0) is 47.9 Å². The van der Waals surface area contributed by atoms with Crippen molar-refractivity contribution in [2.24, 2.45) is 0 Å². The van der Waals surface area contributed by atoms with Gasteiger partial charge in [-0.1, -0.05) is 18.2 Å². The molecule has 7 heteroatoms. The molecule has 0 bridgehead atoms. The zero-order valence-electron chi connectivity index (χ0n) is 17.0. The van der Waals surface area contributed by atoms with Crippen LogP contribution in [0, 0.1) is 0 Å². The van der Waals surface area contributed by atoms with E-state index in [1.807, 2.05) is 35.7 Å². The van der Waals surface area contributed by atoms with Crippen molar-refractivity contribution in [2.75, 3.05) is 44.7 Å². The average Bonchev–Trinajstić information content (AvgIpc) is 3.18. The fourth-order valence-corrected chi connectivity index (χ4v) is 4.00. The fourth-order valence-electron chi connectivity index (χ4n) is 2.45. The van der Waals surface area contributed by atoms with Crippen LogP contribution < -0.4 is 4.74 Å². The summed E-state index contributed by atoms with van der Waals surface area (Å²) in [4.78, 5) is 15.0. The highest BCUT2D eigenvalue weighted by molar-refractivity contribution is 8.32. The van der Waals surface area contributed by atoms with E-state index in [0.717, 1.165) is 21.9 Å². The third-order valence-electron chi connectivity index (χ3n) is 4.18. The first-order valence-electron chi connectivity index (χ1n) is 9.17. The number of benzene rings is 1. The molecule has 28 heavy (non-hydrogen) atoms. The molecule has 1 aromatic heterocycles. The van der Waals surface area contributed by atoms with Gasteiger partial charge in [-0.25, -0.2) is 14.8 Å². The highest BCUT2D eigenvalue weighted by atomic mass is 35.5. The molecule has 0 aliphatic carbocycles. The van der Waals surface area contributed by atoms with Crippen LogP contribution in [-0.4, -0.2) is 55.7 Å². The van der Waals surface area contributed by atoms with Gasteiger partial charge in [0.25, 0.3) is 0 Å². The molecule has 0 aliphatic rings. The van der Waals surface area contributed by atoms with E-state index in [2.05, 4.69) is 24.8 Å².